The van der Waals surface area contributed by atoms with Gasteiger partial charge in [0, 0.05) is 11.4 Å². The van der Waals surface area contributed by atoms with Gasteiger partial charge in [0.25, 0.3) is 11.7 Å². The van der Waals surface area contributed by atoms with Crippen LogP contribution in [0.2, 0.25) is 0 Å². The van der Waals surface area contributed by atoms with Gasteiger partial charge in [-0.1, -0.05) is 21.1 Å². The molecule has 0 bridgehead atoms. The number of amides is 1. The van der Waals surface area contributed by atoms with E-state index < -0.39 is 11.7 Å². The molecule has 6 nitrogen and oxygen atoms in total. The average molecular weight is 322 g/mol. The normalized spacial score (nSPS) is 14.1. The lowest BCUT2D eigenvalue weighted by molar-refractivity contribution is -0.114. The number of hydrogen-bond acceptors (Lipinski definition) is 5. The molecule has 0 fully saturated rings. The minimum Gasteiger partial charge on any atom is -0.340 e. The van der Waals surface area contributed by atoms with Gasteiger partial charge in [0.15, 0.2) is 5.82 Å². The Balaban J connectivity index is 2.01. The fourth-order valence-corrected chi connectivity index (χ4v) is 2.32. The maximum Gasteiger partial charge on any atom is 0.299 e. The molecule has 0 unspecified atom stereocenters. The maximum atomic E-state index is 12.0. The fourth-order valence-electron chi connectivity index (χ4n) is 1.97. The first-order chi connectivity index (χ1) is 9.06. The van der Waals surface area contributed by atoms with E-state index in [4.69, 9.17) is 4.52 Å². The molecule has 0 atom stereocenters. The summed E-state index contributed by atoms with van der Waals surface area (Å²) < 4.78 is 5.65. The highest BCUT2D eigenvalue weighted by Crippen LogP contribution is 2.32. The topological polar surface area (TPSA) is 76.3 Å². The summed E-state index contributed by atoms with van der Waals surface area (Å²) in [6.45, 7) is 1.78. The van der Waals surface area contributed by atoms with Crippen LogP contribution in [0.25, 0.3) is 0 Å². The third-order valence-electron chi connectivity index (χ3n) is 2.80. The predicted octanol–water partition coefficient (Wildman–Crippen LogP) is 1.87. The van der Waals surface area contributed by atoms with Crippen molar-refractivity contribution in [1.82, 2.24) is 10.1 Å². The van der Waals surface area contributed by atoms with E-state index in [1.165, 1.54) is 4.90 Å². The number of halogens is 1. The maximum absolute atomic E-state index is 12.0. The smallest absolute Gasteiger partial charge is 0.299 e. The van der Waals surface area contributed by atoms with E-state index in [1.54, 1.807) is 25.1 Å². The van der Waals surface area contributed by atoms with Crippen LogP contribution in [0.15, 0.2) is 27.2 Å². The molecule has 1 aliphatic rings. The molecule has 3 rings (SSSR count). The highest BCUT2D eigenvalue weighted by atomic mass is 79.9. The Labute approximate surface area is 116 Å². The Kier molecular flexibility index (Phi) is 2.70. The summed E-state index contributed by atoms with van der Waals surface area (Å²) in [5.41, 5.74) is 0.959. The van der Waals surface area contributed by atoms with Crippen LogP contribution >= 0.6 is 15.9 Å². The van der Waals surface area contributed by atoms with Crippen LogP contribution in [-0.2, 0) is 11.3 Å². The number of carbonyl (C=O) groups excluding carboxylic acids is 2. The van der Waals surface area contributed by atoms with Crippen LogP contribution in [0.5, 0.6) is 0 Å². The van der Waals surface area contributed by atoms with E-state index in [-0.39, 0.29) is 6.54 Å². The van der Waals surface area contributed by atoms with Gasteiger partial charge in [-0.15, -0.1) is 0 Å². The van der Waals surface area contributed by atoms with Crippen molar-refractivity contribution in [2.75, 3.05) is 4.90 Å². The van der Waals surface area contributed by atoms with Crippen LogP contribution in [0.1, 0.15) is 22.1 Å². The van der Waals surface area contributed by atoms with E-state index in [0.29, 0.717) is 23.0 Å². The molecule has 0 N–H and O–H groups in total. The Morgan fingerprint density at radius 1 is 1.37 bits per heavy atom. The molecule has 7 heteroatoms. The van der Waals surface area contributed by atoms with Gasteiger partial charge in [-0.25, -0.2) is 0 Å². The fraction of sp³-hybridized carbons (Fsp3) is 0.167. The third kappa shape index (κ3) is 1.95. The van der Waals surface area contributed by atoms with Crippen molar-refractivity contribution in [3.05, 3.63) is 40.0 Å². The molecule has 0 saturated carbocycles. The Morgan fingerprint density at radius 2 is 2.16 bits per heavy atom. The average Bonchev–Trinajstić information content (AvgIpc) is 2.88. The lowest BCUT2D eigenvalue weighted by atomic mass is 10.1. The van der Waals surface area contributed by atoms with Gasteiger partial charge in [0.1, 0.15) is 0 Å². The van der Waals surface area contributed by atoms with E-state index in [9.17, 15) is 9.59 Å². The van der Waals surface area contributed by atoms with Gasteiger partial charge < -0.3 is 4.52 Å². The standard InChI is InChI=1S/C12H8BrN3O3/c1-6-14-10(15-19-6)5-16-9-4-7(13)2-3-8(9)11(17)12(16)18/h2-4H,5H2,1H3. The Bertz CT molecular complexity index is 695. The zero-order valence-electron chi connectivity index (χ0n) is 9.88. The van der Waals surface area contributed by atoms with Crippen LogP contribution in [-0.4, -0.2) is 21.8 Å². The van der Waals surface area contributed by atoms with Crippen molar-refractivity contribution >= 4 is 33.3 Å². The number of benzene rings is 1. The molecule has 1 aromatic heterocycles. The highest BCUT2D eigenvalue weighted by molar-refractivity contribution is 9.10. The second-order valence-electron chi connectivity index (χ2n) is 4.11. The molecule has 19 heavy (non-hydrogen) atoms. The van der Waals surface area contributed by atoms with Gasteiger partial charge in [-0.3, -0.25) is 14.5 Å². The number of anilines is 1. The molecule has 0 aliphatic carbocycles. The van der Waals surface area contributed by atoms with Crippen molar-refractivity contribution in [3.63, 3.8) is 0 Å². The molecule has 0 saturated heterocycles. The van der Waals surface area contributed by atoms with Crippen LogP contribution < -0.4 is 4.90 Å². The highest BCUT2D eigenvalue weighted by Gasteiger charge is 2.36. The Morgan fingerprint density at radius 3 is 2.84 bits per heavy atom. The first kappa shape index (κ1) is 12.0. The molecule has 1 amide bonds. The van der Waals surface area contributed by atoms with Crippen molar-refractivity contribution in [2.24, 2.45) is 0 Å². The van der Waals surface area contributed by atoms with Crippen molar-refractivity contribution in [3.8, 4) is 0 Å². The van der Waals surface area contributed by atoms with Gasteiger partial charge >= 0.3 is 0 Å². The van der Waals surface area contributed by atoms with Gasteiger partial charge in [-0.05, 0) is 18.2 Å². The summed E-state index contributed by atoms with van der Waals surface area (Å²) in [5.74, 6) is -0.299. The molecular weight excluding hydrogens is 314 g/mol. The molecule has 0 spiro atoms. The van der Waals surface area contributed by atoms with E-state index >= 15 is 0 Å². The van der Waals surface area contributed by atoms with Gasteiger partial charge in [0.2, 0.25) is 5.89 Å². The number of carbonyl (C=O) groups is 2. The minimum absolute atomic E-state index is 0.116. The molecule has 1 aliphatic heterocycles. The number of ketones is 1. The summed E-state index contributed by atoms with van der Waals surface area (Å²) in [6, 6.07) is 5.08. The summed E-state index contributed by atoms with van der Waals surface area (Å²) in [4.78, 5) is 29.2. The first-order valence-corrected chi connectivity index (χ1v) is 6.30. The summed E-state index contributed by atoms with van der Waals surface area (Å²) in [7, 11) is 0. The Hall–Kier alpha value is -2.02. The summed E-state index contributed by atoms with van der Waals surface area (Å²) in [5, 5.41) is 3.73. The number of rotatable bonds is 2. The van der Waals surface area contributed by atoms with Crippen LogP contribution in [0.4, 0.5) is 5.69 Å². The van der Waals surface area contributed by atoms with E-state index in [2.05, 4.69) is 26.1 Å². The number of nitrogens with zero attached hydrogens (tertiary/aromatic N) is 3. The second kappa shape index (κ2) is 4.27. The lowest BCUT2D eigenvalue weighted by Gasteiger charge is -2.13. The number of hydrogen-bond donors (Lipinski definition) is 0. The largest absolute Gasteiger partial charge is 0.340 e. The molecule has 0 radical (unpaired) electrons. The molecular formula is C12H8BrN3O3. The number of Topliss-reactive ketones (excluding diaryl/α,β-unsaturated/α-hetero) is 1. The molecule has 96 valence electrons. The second-order valence-corrected chi connectivity index (χ2v) is 5.03. The molecule has 2 aromatic rings. The van der Waals surface area contributed by atoms with E-state index in [0.717, 1.165) is 4.47 Å². The number of fused-ring (bicyclic) bond motifs is 1. The SMILES string of the molecule is Cc1nc(CN2C(=O)C(=O)c3ccc(Br)cc32)no1. The first-order valence-electron chi connectivity index (χ1n) is 5.51. The van der Waals surface area contributed by atoms with Crippen LogP contribution in [0, 0.1) is 6.92 Å². The third-order valence-corrected chi connectivity index (χ3v) is 3.30. The van der Waals surface area contributed by atoms with Crippen LogP contribution in [0.3, 0.4) is 0 Å². The zero-order chi connectivity index (χ0) is 13.6. The van der Waals surface area contributed by atoms with Crippen molar-refractivity contribution < 1.29 is 14.1 Å². The van der Waals surface area contributed by atoms with Gasteiger partial charge in [0.05, 0.1) is 17.8 Å². The van der Waals surface area contributed by atoms with E-state index in [1.807, 2.05) is 0 Å². The molecule has 2 heterocycles. The van der Waals surface area contributed by atoms with Crippen molar-refractivity contribution in [2.45, 2.75) is 13.5 Å². The van der Waals surface area contributed by atoms with Crippen molar-refractivity contribution in [1.29, 1.82) is 0 Å². The number of aryl methyl sites for hydroxylation is 1. The predicted molar refractivity (Wildman–Crippen MR) is 68.7 cm³/mol. The van der Waals surface area contributed by atoms with Gasteiger partial charge in [-0.2, -0.15) is 4.98 Å². The molecule has 1 aromatic carbocycles. The monoisotopic (exact) mass is 321 g/mol. The summed E-state index contributed by atoms with van der Waals surface area (Å²) >= 11 is 3.32. The lowest BCUT2D eigenvalue weighted by Crippen LogP contribution is -2.29. The summed E-state index contributed by atoms with van der Waals surface area (Å²) in [6.07, 6.45) is 0. The number of aromatic nitrogens is 2. The quantitative estimate of drug-likeness (QED) is 0.789. The zero-order valence-corrected chi connectivity index (χ0v) is 11.5. The minimum atomic E-state index is -0.574.